The van der Waals surface area contributed by atoms with Gasteiger partial charge in [-0.25, -0.2) is 8.42 Å². The van der Waals surface area contributed by atoms with Crippen LogP contribution in [0.4, 0.5) is 0 Å². The number of nitrogens with zero attached hydrogens (tertiary/aromatic N) is 1. The molecule has 0 spiro atoms. The van der Waals surface area contributed by atoms with Gasteiger partial charge in [-0.15, -0.1) is 11.6 Å². The number of halogens is 1. The van der Waals surface area contributed by atoms with Gasteiger partial charge in [-0.3, -0.25) is 4.79 Å². The molecule has 0 aromatic carbocycles. The third-order valence-electron chi connectivity index (χ3n) is 2.61. The van der Waals surface area contributed by atoms with Gasteiger partial charge in [-0.2, -0.15) is 0 Å². The Balaban J connectivity index is 2.73. The van der Waals surface area contributed by atoms with Gasteiger partial charge in [-0.1, -0.05) is 0 Å². The van der Waals surface area contributed by atoms with Crippen molar-refractivity contribution >= 4 is 27.3 Å². The molecule has 2 atom stereocenters. The van der Waals surface area contributed by atoms with Crippen LogP contribution in [0, 0.1) is 0 Å². The van der Waals surface area contributed by atoms with E-state index in [0.29, 0.717) is 13.0 Å². The summed E-state index contributed by atoms with van der Waals surface area (Å²) in [7, 11) is -2.95. The lowest BCUT2D eigenvalue weighted by molar-refractivity contribution is -0.132. The Bertz CT molecular complexity index is 339. The fourth-order valence-corrected chi connectivity index (χ4v) is 3.70. The van der Waals surface area contributed by atoms with Crippen LogP contribution in [0.3, 0.4) is 0 Å². The topological polar surface area (TPSA) is 54.5 Å². The maximum atomic E-state index is 11.7. The molecule has 1 rings (SSSR count). The van der Waals surface area contributed by atoms with E-state index >= 15 is 0 Å². The van der Waals surface area contributed by atoms with Gasteiger partial charge in [-0.05, 0) is 20.3 Å². The Morgan fingerprint density at radius 2 is 2.20 bits per heavy atom. The van der Waals surface area contributed by atoms with Crippen LogP contribution in [-0.2, 0) is 14.6 Å². The molecule has 0 aromatic rings. The molecule has 0 N–H and O–H groups in total. The van der Waals surface area contributed by atoms with Crippen LogP contribution in [0.15, 0.2) is 0 Å². The zero-order chi connectivity index (χ0) is 11.6. The van der Waals surface area contributed by atoms with Crippen molar-refractivity contribution in [3.8, 4) is 0 Å². The summed E-state index contributed by atoms with van der Waals surface area (Å²) in [5.41, 5.74) is 0. The second-order valence-electron chi connectivity index (χ2n) is 3.80. The summed E-state index contributed by atoms with van der Waals surface area (Å²) in [6.07, 6.45) is 0.533. The Labute approximate surface area is 95.5 Å². The molecule has 0 aliphatic carbocycles. The van der Waals surface area contributed by atoms with Gasteiger partial charge in [0.1, 0.15) is 5.38 Å². The SMILES string of the molecule is CCN(C(=O)C(C)Cl)C1CCS(=O)(=O)C1. The van der Waals surface area contributed by atoms with E-state index in [0.717, 1.165) is 0 Å². The first-order valence-corrected chi connectivity index (χ1v) is 7.28. The second-order valence-corrected chi connectivity index (χ2v) is 6.68. The van der Waals surface area contributed by atoms with Crippen molar-refractivity contribution < 1.29 is 13.2 Å². The van der Waals surface area contributed by atoms with E-state index in [-0.39, 0.29) is 23.5 Å². The highest BCUT2D eigenvalue weighted by Crippen LogP contribution is 2.19. The van der Waals surface area contributed by atoms with Crippen LogP contribution in [-0.4, -0.2) is 48.7 Å². The quantitative estimate of drug-likeness (QED) is 0.694. The Hall–Kier alpha value is -0.290. The van der Waals surface area contributed by atoms with E-state index < -0.39 is 15.2 Å². The third kappa shape index (κ3) is 3.08. The molecule has 4 nitrogen and oxygen atoms in total. The highest BCUT2D eigenvalue weighted by molar-refractivity contribution is 7.91. The molecular formula is C9H16ClNO3S. The lowest BCUT2D eigenvalue weighted by Crippen LogP contribution is -2.44. The molecule has 6 heteroatoms. The summed E-state index contributed by atoms with van der Waals surface area (Å²) in [5, 5.41) is -0.590. The van der Waals surface area contributed by atoms with E-state index in [1.54, 1.807) is 11.8 Å². The summed E-state index contributed by atoms with van der Waals surface area (Å²) in [5.74, 6) is 0.0789. The summed E-state index contributed by atoms with van der Waals surface area (Å²) < 4.78 is 22.6. The molecule has 1 amide bonds. The van der Waals surface area contributed by atoms with E-state index in [2.05, 4.69) is 0 Å². The second kappa shape index (κ2) is 4.70. The number of alkyl halides is 1. The maximum Gasteiger partial charge on any atom is 0.240 e. The Kier molecular flexibility index (Phi) is 4.00. The average Bonchev–Trinajstić information content (AvgIpc) is 2.47. The van der Waals surface area contributed by atoms with Gasteiger partial charge in [0.05, 0.1) is 11.5 Å². The Morgan fingerprint density at radius 3 is 2.53 bits per heavy atom. The first kappa shape index (κ1) is 12.8. The molecule has 15 heavy (non-hydrogen) atoms. The van der Waals surface area contributed by atoms with Crippen LogP contribution in [0.25, 0.3) is 0 Å². The van der Waals surface area contributed by atoms with Crippen LogP contribution in [0.5, 0.6) is 0 Å². The fraction of sp³-hybridized carbons (Fsp3) is 0.889. The van der Waals surface area contributed by atoms with E-state index in [1.807, 2.05) is 6.92 Å². The lowest BCUT2D eigenvalue weighted by atomic mass is 10.2. The molecule has 1 aliphatic rings. The molecule has 0 bridgehead atoms. The monoisotopic (exact) mass is 253 g/mol. The van der Waals surface area contributed by atoms with Gasteiger partial charge < -0.3 is 4.90 Å². The fourth-order valence-electron chi connectivity index (χ4n) is 1.84. The van der Waals surface area contributed by atoms with Crippen molar-refractivity contribution in [3.05, 3.63) is 0 Å². The number of rotatable bonds is 3. The molecule has 0 aromatic heterocycles. The summed E-state index contributed by atoms with van der Waals surface area (Å²) in [6, 6.07) is -0.186. The van der Waals surface area contributed by atoms with Crippen molar-refractivity contribution in [2.24, 2.45) is 0 Å². The zero-order valence-corrected chi connectivity index (χ0v) is 10.5. The first-order valence-electron chi connectivity index (χ1n) is 5.02. The Morgan fingerprint density at radius 1 is 1.60 bits per heavy atom. The predicted molar refractivity (Wildman–Crippen MR) is 59.8 cm³/mol. The highest BCUT2D eigenvalue weighted by atomic mass is 35.5. The van der Waals surface area contributed by atoms with Gasteiger partial charge >= 0.3 is 0 Å². The third-order valence-corrected chi connectivity index (χ3v) is 4.55. The molecule has 2 unspecified atom stereocenters. The van der Waals surface area contributed by atoms with Crippen molar-refractivity contribution in [1.82, 2.24) is 4.90 Å². The number of amides is 1. The van der Waals surface area contributed by atoms with Gasteiger partial charge in [0.25, 0.3) is 0 Å². The molecular weight excluding hydrogens is 238 g/mol. The lowest BCUT2D eigenvalue weighted by Gasteiger charge is -2.27. The molecule has 0 radical (unpaired) electrons. The zero-order valence-electron chi connectivity index (χ0n) is 8.94. The smallest absolute Gasteiger partial charge is 0.240 e. The maximum absolute atomic E-state index is 11.7. The highest BCUT2D eigenvalue weighted by Gasteiger charge is 2.34. The van der Waals surface area contributed by atoms with Crippen LogP contribution >= 0.6 is 11.6 Å². The minimum Gasteiger partial charge on any atom is -0.338 e. The van der Waals surface area contributed by atoms with Gasteiger partial charge in [0.2, 0.25) is 5.91 Å². The van der Waals surface area contributed by atoms with E-state index in [1.165, 1.54) is 0 Å². The van der Waals surface area contributed by atoms with Crippen molar-refractivity contribution in [2.45, 2.75) is 31.7 Å². The number of hydrogen-bond donors (Lipinski definition) is 0. The van der Waals surface area contributed by atoms with E-state index in [9.17, 15) is 13.2 Å². The molecule has 1 saturated heterocycles. The molecule has 1 heterocycles. The molecule has 88 valence electrons. The molecule has 0 saturated carbocycles. The summed E-state index contributed by atoms with van der Waals surface area (Å²) in [6.45, 7) is 3.95. The largest absolute Gasteiger partial charge is 0.338 e. The summed E-state index contributed by atoms with van der Waals surface area (Å²) >= 11 is 5.71. The first-order chi connectivity index (χ1) is 6.87. The number of carbonyl (C=O) groups excluding carboxylic acids is 1. The van der Waals surface area contributed by atoms with Crippen molar-refractivity contribution in [3.63, 3.8) is 0 Å². The minimum atomic E-state index is -2.95. The van der Waals surface area contributed by atoms with Crippen molar-refractivity contribution in [2.75, 3.05) is 18.1 Å². The van der Waals surface area contributed by atoms with Crippen LogP contribution in [0.2, 0.25) is 0 Å². The van der Waals surface area contributed by atoms with Gasteiger partial charge in [0, 0.05) is 12.6 Å². The number of carbonyl (C=O) groups is 1. The van der Waals surface area contributed by atoms with Crippen LogP contribution in [0.1, 0.15) is 20.3 Å². The van der Waals surface area contributed by atoms with Crippen LogP contribution < -0.4 is 0 Å². The molecule has 1 aliphatic heterocycles. The summed E-state index contributed by atoms with van der Waals surface area (Å²) in [4.78, 5) is 13.2. The predicted octanol–water partition coefficient (Wildman–Crippen LogP) is 0.649. The van der Waals surface area contributed by atoms with Crippen molar-refractivity contribution in [1.29, 1.82) is 0 Å². The van der Waals surface area contributed by atoms with Gasteiger partial charge in [0.15, 0.2) is 9.84 Å². The molecule has 1 fully saturated rings. The average molecular weight is 254 g/mol. The minimum absolute atomic E-state index is 0.0796. The number of hydrogen-bond acceptors (Lipinski definition) is 3. The standard InChI is InChI=1S/C9H16ClNO3S/c1-3-11(9(12)7(2)10)8-4-5-15(13,14)6-8/h7-8H,3-6H2,1-2H3. The number of sulfone groups is 1. The normalized spacial score (nSPS) is 26.2. The van der Waals surface area contributed by atoms with E-state index in [4.69, 9.17) is 11.6 Å².